The minimum Gasteiger partial charge on any atom is -0.498 e. The number of carbonyl (C=O) groups excluding carboxylic acids is 1. The van der Waals surface area contributed by atoms with Crippen molar-refractivity contribution in [1.82, 2.24) is 0 Å². The Bertz CT molecular complexity index is 603. The highest BCUT2D eigenvalue weighted by Crippen LogP contribution is 2.33. The number of benzene rings is 1. The Kier molecular flexibility index (Phi) is 3.81. The van der Waals surface area contributed by atoms with Crippen LogP contribution in [0, 0.1) is 0 Å². The fourth-order valence-corrected chi connectivity index (χ4v) is 2.24. The third kappa shape index (κ3) is 3.18. The third-order valence-electron chi connectivity index (χ3n) is 3.18. The molecule has 1 atom stereocenters. The van der Waals surface area contributed by atoms with Gasteiger partial charge in [0.25, 0.3) is 0 Å². The molecule has 0 bridgehead atoms. The minimum absolute atomic E-state index is 0.255. The van der Waals surface area contributed by atoms with Crippen LogP contribution in [0.2, 0.25) is 0 Å². The molecule has 2 aliphatic heterocycles. The summed E-state index contributed by atoms with van der Waals surface area (Å²) in [6.07, 6.45) is 5.39. The summed E-state index contributed by atoms with van der Waals surface area (Å²) in [4.78, 5) is 11.5. The average Bonchev–Trinajstić information content (AvgIpc) is 2.92. The summed E-state index contributed by atoms with van der Waals surface area (Å²) in [7, 11) is 0. The van der Waals surface area contributed by atoms with Gasteiger partial charge in [0.15, 0.2) is 11.5 Å². The van der Waals surface area contributed by atoms with Gasteiger partial charge in [0.1, 0.15) is 11.9 Å². The Balaban J connectivity index is 1.68. The molecule has 0 saturated carbocycles. The maximum atomic E-state index is 11.5. The molecule has 0 spiro atoms. The predicted octanol–water partition coefficient (Wildman–Crippen LogP) is 2.66. The SMILES string of the molecule is CCOC1=CC(=O)OC(/C=C/c2ccc3c(c2)OCO3)C1. The summed E-state index contributed by atoms with van der Waals surface area (Å²) in [6.45, 7) is 2.68. The van der Waals surface area contributed by atoms with E-state index in [-0.39, 0.29) is 18.9 Å². The highest BCUT2D eigenvalue weighted by Gasteiger charge is 2.20. The maximum Gasteiger partial charge on any atom is 0.334 e. The van der Waals surface area contributed by atoms with Gasteiger partial charge in [0, 0.05) is 6.42 Å². The molecule has 1 aromatic rings. The number of esters is 1. The maximum absolute atomic E-state index is 11.5. The van der Waals surface area contributed by atoms with Crippen molar-refractivity contribution in [3.05, 3.63) is 41.7 Å². The molecule has 0 N–H and O–H groups in total. The highest BCUT2D eigenvalue weighted by molar-refractivity contribution is 5.83. The Morgan fingerprint density at radius 3 is 3.05 bits per heavy atom. The number of carbonyl (C=O) groups is 1. The number of rotatable bonds is 4. The van der Waals surface area contributed by atoms with Crippen molar-refractivity contribution in [1.29, 1.82) is 0 Å². The number of cyclic esters (lactones) is 1. The molecule has 5 nitrogen and oxygen atoms in total. The summed E-state index contributed by atoms with van der Waals surface area (Å²) in [5.41, 5.74) is 0.961. The summed E-state index contributed by atoms with van der Waals surface area (Å²) >= 11 is 0. The zero-order valence-electron chi connectivity index (χ0n) is 11.7. The zero-order chi connectivity index (χ0) is 14.7. The van der Waals surface area contributed by atoms with Gasteiger partial charge in [-0.3, -0.25) is 0 Å². The van der Waals surface area contributed by atoms with Crippen molar-refractivity contribution in [2.45, 2.75) is 19.4 Å². The van der Waals surface area contributed by atoms with Gasteiger partial charge in [-0.15, -0.1) is 0 Å². The summed E-state index contributed by atoms with van der Waals surface area (Å²) < 4.78 is 21.2. The van der Waals surface area contributed by atoms with E-state index in [1.165, 1.54) is 6.08 Å². The molecule has 1 aromatic carbocycles. The number of hydrogen-bond donors (Lipinski definition) is 0. The second-order valence-electron chi connectivity index (χ2n) is 4.69. The molecule has 0 aromatic heterocycles. The van der Waals surface area contributed by atoms with Crippen molar-refractivity contribution >= 4 is 12.0 Å². The smallest absolute Gasteiger partial charge is 0.334 e. The van der Waals surface area contributed by atoms with Gasteiger partial charge in [0.2, 0.25) is 6.79 Å². The quantitative estimate of drug-likeness (QED) is 0.797. The van der Waals surface area contributed by atoms with Crippen molar-refractivity contribution in [3.63, 3.8) is 0 Å². The minimum atomic E-state index is -0.370. The number of hydrogen-bond acceptors (Lipinski definition) is 5. The first-order valence-corrected chi connectivity index (χ1v) is 6.86. The van der Waals surface area contributed by atoms with E-state index in [2.05, 4.69) is 0 Å². The first kappa shape index (κ1) is 13.5. The van der Waals surface area contributed by atoms with Gasteiger partial charge in [-0.1, -0.05) is 12.1 Å². The van der Waals surface area contributed by atoms with E-state index in [4.69, 9.17) is 18.9 Å². The molecular weight excluding hydrogens is 272 g/mol. The van der Waals surface area contributed by atoms with Gasteiger partial charge in [-0.2, -0.15) is 0 Å². The van der Waals surface area contributed by atoms with Gasteiger partial charge in [0.05, 0.1) is 12.7 Å². The summed E-state index contributed by atoms with van der Waals surface area (Å²) in [5.74, 6) is 1.77. The van der Waals surface area contributed by atoms with Gasteiger partial charge >= 0.3 is 5.97 Å². The Hall–Kier alpha value is -2.43. The van der Waals surface area contributed by atoms with Crippen LogP contribution < -0.4 is 9.47 Å². The molecule has 2 aliphatic rings. The lowest BCUT2D eigenvalue weighted by Gasteiger charge is -2.20. The standard InChI is InChI=1S/C16H16O5/c1-2-18-13-8-12(21-16(17)9-13)5-3-11-4-6-14-15(7-11)20-10-19-14/h3-7,9,12H,2,8,10H2,1H3/b5-3+. The normalized spacial score (nSPS) is 20.3. The zero-order valence-corrected chi connectivity index (χ0v) is 11.7. The molecule has 0 radical (unpaired) electrons. The van der Waals surface area contributed by atoms with E-state index in [0.29, 0.717) is 18.8 Å². The lowest BCUT2D eigenvalue weighted by molar-refractivity contribution is -0.142. The fourth-order valence-electron chi connectivity index (χ4n) is 2.24. The van der Waals surface area contributed by atoms with Gasteiger partial charge in [-0.25, -0.2) is 4.79 Å². The van der Waals surface area contributed by atoms with E-state index in [0.717, 1.165) is 17.1 Å². The van der Waals surface area contributed by atoms with Crippen molar-refractivity contribution in [3.8, 4) is 11.5 Å². The molecule has 5 heteroatoms. The van der Waals surface area contributed by atoms with Crippen molar-refractivity contribution in [2.24, 2.45) is 0 Å². The number of fused-ring (bicyclic) bond motifs is 1. The monoisotopic (exact) mass is 288 g/mol. The summed E-state index contributed by atoms with van der Waals surface area (Å²) in [5, 5.41) is 0. The van der Waals surface area contributed by atoms with E-state index < -0.39 is 0 Å². The first-order valence-electron chi connectivity index (χ1n) is 6.86. The topological polar surface area (TPSA) is 54.0 Å². The molecule has 0 amide bonds. The lowest BCUT2D eigenvalue weighted by Crippen LogP contribution is -2.21. The predicted molar refractivity (Wildman–Crippen MR) is 75.8 cm³/mol. The molecule has 0 fully saturated rings. The molecule has 1 unspecified atom stereocenters. The van der Waals surface area contributed by atoms with Crippen LogP contribution in [0.5, 0.6) is 11.5 Å². The van der Waals surface area contributed by atoms with E-state index in [1.807, 2.05) is 37.3 Å². The fraction of sp³-hybridized carbons (Fsp3) is 0.312. The Morgan fingerprint density at radius 1 is 1.33 bits per heavy atom. The third-order valence-corrected chi connectivity index (χ3v) is 3.18. The molecule has 3 rings (SSSR count). The second-order valence-corrected chi connectivity index (χ2v) is 4.69. The van der Waals surface area contributed by atoms with Crippen LogP contribution in [0.15, 0.2) is 36.1 Å². The van der Waals surface area contributed by atoms with E-state index >= 15 is 0 Å². The lowest BCUT2D eigenvalue weighted by atomic mass is 10.1. The summed E-state index contributed by atoms with van der Waals surface area (Å²) in [6, 6.07) is 5.68. The molecule has 0 saturated heterocycles. The van der Waals surface area contributed by atoms with Crippen LogP contribution in [0.25, 0.3) is 6.08 Å². The molecular formula is C16H16O5. The van der Waals surface area contributed by atoms with Crippen LogP contribution >= 0.6 is 0 Å². The van der Waals surface area contributed by atoms with Crippen LogP contribution in [-0.4, -0.2) is 25.5 Å². The van der Waals surface area contributed by atoms with E-state index in [9.17, 15) is 4.79 Å². The van der Waals surface area contributed by atoms with Crippen LogP contribution in [0.4, 0.5) is 0 Å². The van der Waals surface area contributed by atoms with Crippen molar-refractivity contribution in [2.75, 3.05) is 13.4 Å². The highest BCUT2D eigenvalue weighted by atomic mass is 16.7. The molecule has 110 valence electrons. The van der Waals surface area contributed by atoms with Crippen LogP contribution in [0.3, 0.4) is 0 Å². The Labute approximate surface area is 122 Å². The first-order chi connectivity index (χ1) is 10.2. The number of ether oxygens (including phenoxy) is 4. The average molecular weight is 288 g/mol. The molecule has 0 aliphatic carbocycles. The largest absolute Gasteiger partial charge is 0.498 e. The van der Waals surface area contributed by atoms with Crippen LogP contribution in [0.1, 0.15) is 18.9 Å². The molecule has 21 heavy (non-hydrogen) atoms. The van der Waals surface area contributed by atoms with Crippen LogP contribution in [-0.2, 0) is 14.3 Å². The van der Waals surface area contributed by atoms with Gasteiger partial charge in [-0.05, 0) is 30.7 Å². The second kappa shape index (κ2) is 5.91. The Morgan fingerprint density at radius 2 is 2.19 bits per heavy atom. The van der Waals surface area contributed by atoms with Crippen molar-refractivity contribution < 1.29 is 23.7 Å². The van der Waals surface area contributed by atoms with Gasteiger partial charge < -0.3 is 18.9 Å². The van der Waals surface area contributed by atoms with E-state index in [1.54, 1.807) is 0 Å². The molecule has 2 heterocycles.